The summed E-state index contributed by atoms with van der Waals surface area (Å²) in [6, 6.07) is 7.42. The van der Waals surface area contributed by atoms with Crippen LogP contribution in [0.2, 0.25) is 0 Å². The first-order chi connectivity index (χ1) is 13.0. The largest absolute Gasteiger partial charge is 0.459 e. The lowest BCUT2D eigenvalue weighted by Crippen LogP contribution is -2.34. The number of hydrogen-bond donors (Lipinski definition) is 1. The molecule has 8 heteroatoms. The Bertz CT molecular complexity index is 1220. The molecule has 3 heterocycles. The SMILES string of the molecule is Cc1c([C@@H](C)NC(=O)Cn2cnc3c(cnn3C)c2=O)oc2ccccc12. The Hall–Kier alpha value is -3.42. The predicted octanol–water partition coefficient (Wildman–Crippen LogP) is 2.06. The van der Waals surface area contributed by atoms with Crippen LogP contribution in [-0.2, 0) is 18.4 Å². The zero-order chi connectivity index (χ0) is 19.1. The highest BCUT2D eigenvalue weighted by Crippen LogP contribution is 2.29. The number of carbonyl (C=O) groups excluding carboxylic acids is 1. The smallest absolute Gasteiger partial charge is 0.264 e. The number of rotatable bonds is 4. The third kappa shape index (κ3) is 2.88. The maximum atomic E-state index is 12.5. The van der Waals surface area contributed by atoms with Gasteiger partial charge in [0.05, 0.1) is 12.2 Å². The lowest BCUT2D eigenvalue weighted by molar-refractivity contribution is -0.122. The van der Waals surface area contributed by atoms with E-state index in [1.165, 1.54) is 21.8 Å². The molecular weight excluding hydrogens is 346 g/mol. The molecule has 1 aromatic carbocycles. The second-order valence-electron chi connectivity index (χ2n) is 6.56. The molecule has 0 aliphatic carbocycles. The minimum atomic E-state index is -0.323. The first-order valence-electron chi connectivity index (χ1n) is 8.60. The first-order valence-corrected chi connectivity index (χ1v) is 8.60. The number of aromatic nitrogens is 4. The van der Waals surface area contributed by atoms with Crippen molar-refractivity contribution in [3.8, 4) is 0 Å². The fourth-order valence-electron chi connectivity index (χ4n) is 3.29. The Morgan fingerprint density at radius 2 is 2.07 bits per heavy atom. The number of carbonyl (C=O) groups is 1. The van der Waals surface area contributed by atoms with E-state index in [1.54, 1.807) is 7.05 Å². The quantitative estimate of drug-likeness (QED) is 0.597. The van der Waals surface area contributed by atoms with Crippen molar-refractivity contribution >= 4 is 27.9 Å². The zero-order valence-corrected chi connectivity index (χ0v) is 15.3. The molecule has 0 saturated heterocycles. The number of furan rings is 1. The molecule has 8 nitrogen and oxygen atoms in total. The van der Waals surface area contributed by atoms with Crippen LogP contribution in [-0.4, -0.2) is 25.2 Å². The number of nitrogens with one attached hydrogen (secondary N) is 1. The normalized spacial score (nSPS) is 12.6. The van der Waals surface area contributed by atoms with Crippen LogP contribution in [0, 0.1) is 6.92 Å². The standard InChI is InChI=1S/C19H19N5O3/c1-11-13-6-4-5-7-15(13)27-17(11)12(2)22-16(25)9-24-10-20-18-14(19(24)26)8-21-23(18)3/h4-8,10,12H,9H2,1-3H3,(H,22,25)/t12-/m1/s1. The van der Waals surface area contributed by atoms with E-state index in [9.17, 15) is 9.59 Å². The van der Waals surface area contributed by atoms with E-state index in [1.807, 2.05) is 38.1 Å². The van der Waals surface area contributed by atoms with Gasteiger partial charge in [-0.2, -0.15) is 5.10 Å². The predicted molar refractivity (Wildman–Crippen MR) is 100 cm³/mol. The molecule has 0 unspecified atom stereocenters. The maximum absolute atomic E-state index is 12.5. The fraction of sp³-hybridized carbons (Fsp3) is 0.263. The van der Waals surface area contributed by atoms with E-state index >= 15 is 0 Å². The molecule has 27 heavy (non-hydrogen) atoms. The highest BCUT2D eigenvalue weighted by atomic mass is 16.3. The fourth-order valence-corrected chi connectivity index (χ4v) is 3.29. The van der Waals surface area contributed by atoms with Crippen molar-refractivity contribution < 1.29 is 9.21 Å². The molecule has 0 aliphatic rings. The summed E-state index contributed by atoms with van der Waals surface area (Å²) in [5, 5.41) is 8.32. The van der Waals surface area contributed by atoms with E-state index in [2.05, 4.69) is 15.4 Å². The average molecular weight is 365 g/mol. The van der Waals surface area contributed by atoms with Crippen molar-refractivity contribution in [1.82, 2.24) is 24.6 Å². The first kappa shape index (κ1) is 17.0. The summed E-state index contributed by atoms with van der Waals surface area (Å²) in [5.74, 6) is 0.409. The Labute approximate surface area is 154 Å². The molecule has 0 aliphatic heterocycles. The van der Waals surface area contributed by atoms with Gasteiger partial charge in [-0.15, -0.1) is 0 Å². The average Bonchev–Trinajstić information content (AvgIpc) is 3.19. The molecular formula is C19H19N5O3. The summed E-state index contributed by atoms with van der Waals surface area (Å²) < 4.78 is 8.69. The van der Waals surface area contributed by atoms with Crippen molar-refractivity contribution in [3.05, 3.63) is 58.5 Å². The highest BCUT2D eigenvalue weighted by molar-refractivity contribution is 5.82. The van der Waals surface area contributed by atoms with Crippen LogP contribution >= 0.6 is 0 Å². The molecule has 1 N–H and O–H groups in total. The van der Waals surface area contributed by atoms with Crippen LogP contribution in [0.1, 0.15) is 24.3 Å². The Morgan fingerprint density at radius 1 is 1.30 bits per heavy atom. The molecule has 0 spiro atoms. The van der Waals surface area contributed by atoms with Gasteiger partial charge in [-0.05, 0) is 19.9 Å². The molecule has 1 atom stereocenters. The third-order valence-corrected chi connectivity index (χ3v) is 4.68. The molecule has 0 radical (unpaired) electrons. The van der Waals surface area contributed by atoms with E-state index in [0.717, 1.165) is 16.5 Å². The molecule has 1 amide bonds. The molecule has 0 fully saturated rings. The summed E-state index contributed by atoms with van der Waals surface area (Å²) in [4.78, 5) is 29.1. The van der Waals surface area contributed by atoms with E-state index < -0.39 is 0 Å². The Kier molecular flexibility index (Phi) is 4.02. The van der Waals surface area contributed by atoms with Gasteiger partial charge in [0.25, 0.3) is 5.56 Å². The maximum Gasteiger partial charge on any atom is 0.264 e. The van der Waals surface area contributed by atoms with Crippen molar-refractivity contribution in [2.45, 2.75) is 26.4 Å². The van der Waals surface area contributed by atoms with Gasteiger partial charge in [0.15, 0.2) is 5.65 Å². The van der Waals surface area contributed by atoms with Gasteiger partial charge in [0.2, 0.25) is 5.91 Å². The van der Waals surface area contributed by atoms with Crippen molar-refractivity contribution in [3.63, 3.8) is 0 Å². The molecule has 138 valence electrons. The number of para-hydroxylation sites is 1. The Balaban J connectivity index is 1.54. The number of nitrogens with zero attached hydrogens (tertiary/aromatic N) is 4. The van der Waals surface area contributed by atoms with Crippen LogP contribution < -0.4 is 10.9 Å². The summed E-state index contributed by atoms with van der Waals surface area (Å²) in [6.45, 7) is 3.70. The van der Waals surface area contributed by atoms with Gasteiger partial charge in [-0.25, -0.2) is 4.98 Å². The number of hydrogen-bond acceptors (Lipinski definition) is 5. The zero-order valence-electron chi connectivity index (χ0n) is 15.3. The van der Waals surface area contributed by atoms with Gasteiger partial charge < -0.3 is 9.73 Å². The minimum absolute atomic E-state index is 0.125. The summed E-state index contributed by atoms with van der Waals surface area (Å²) >= 11 is 0. The highest BCUT2D eigenvalue weighted by Gasteiger charge is 2.19. The third-order valence-electron chi connectivity index (χ3n) is 4.68. The van der Waals surface area contributed by atoms with E-state index in [4.69, 9.17) is 4.42 Å². The number of amides is 1. The van der Waals surface area contributed by atoms with Gasteiger partial charge >= 0.3 is 0 Å². The van der Waals surface area contributed by atoms with Crippen molar-refractivity contribution in [2.75, 3.05) is 0 Å². The summed E-state index contributed by atoms with van der Waals surface area (Å²) in [6.07, 6.45) is 2.82. The van der Waals surface area contributed by atoms with Gasteiger partial charge in [-0.3, -0.25) is 18.8 Å². The van der Waals surface area contributed by atoms with Gasteiger partial charge in [0.1, 0.15) is 29.6 Å². The van der Waals surface area contributed by atoms with Gasteiger partial charge in [-0.1, -0.05) is 18.2 Å². The van der Waals surface area contributed by atoms with Crippen molar-refractivity contribution in [2.24, 2.45) is 7.05 Å². The minimum Gasteiger partial charge on any atom is -0.459 e. The van der Waals surface area contributed by atoms with Crippen LogP contribution in [0.4, 0.5) is 0 Å². The number of aryl methyl sites for hydroxylation is 2. The van der Waals surface area contributed by atoms with Crippen LogP contribution in [0.25, 0.3) is 22.0 Å². The van der Waals surface area contributed by atoms with E-state index in [0.29, 0.717) is 16.8 Å². The summed E-state index contributed by atoms with van der Waals surface area (Å²) in [7, 11) is 1.71. The molecule has 0 bridgehead atoms. The van der Waals surface area contributed by atoms with E-state index in [-0.39, 0.29) is 24.1 Å². The number of benzene rings is 1. The van der Waals surface area contributed by atoms with Crippen LogP contribution in [0.3, 0.4) is 0 Å². The second-order valence-corrected chi connectivity index (χ2v) is 6.56. The monoisotopic (exact) mass is 365 g/mol. The van der Waals surface area contributed by atoms with Crippen LogP contribution in [0.15, 0.2) is 46.0 Å². The molecule has 4 aromatic rings. The van der Waals surface area contributed by atoms with Crippen molar-refractivity contribution in [1.29, 1.82) is 0 Å². The van der Waals surface area contributed by atoms with Crippen LogP contribution in [0.5, 0.6) is 0 Å². The lowest BCUT2D eigenvalue weighted by atomic mass is 10.1. The molecule has 3 aromatic heterocycles. The number of fused-ring (bicyclic) bond motifs is 2. The Morgan fingerprint density at radius 3 is 2.85 bits per heavy atom. The second kappa shape index (κ2) is 6.39. The molecule has 0 saturated carbocycles. The summed E-state index contributed by atoms with van der Waals surface area (Å²) in [5.41, 5.74) is 1.97. The topological polar surface area (TPSA) is 95.0 Å². The molecule has 4 rings (SSSR count). The van der Waals surface area contributed by atoms with Gasteiger partial charge in [0, 0.05) is 18.0 Å². The lowest BCUT2D eigenvalue weighted by Gasteiger charge is -2.13.